The number of rotatable bonds is 5. The van der Waals surface area contributed by atoms with Gasteiger partial charge in [0.05, 0.1) is 36.8 Å². The van der Waals surface area contributed by atoms with Crippen LogP contribution in [0, 0.1) is 32.6 Å². The van der Waals surface area contributed by atoms with Gasteiger partial charge in [0.1, 0.15) is 64.2 Å². The van der Waals surface area contributed by atoms with Crippen molar-refractivity contribution >= 4 is 97.6 Å². The van der Waals surface area contributed by atoms with Crippen molar-refractivity contribution in [2.45, 2.75) is 73.0 Å². The van der Waals surface area contributed by atoms with Gasteiger partial charge in [-0.25, -0.2) is 34.9 Å². The van der Waals surface area contributed by atoms with Crippen molar-refractivity contribution in [2.75, 3.05) is 13.6 Å². The van der Waals surface area contributed by atoms with E-state index in [0.717, 1.165) is 10.7 Å². The standard InChI is InChI=1S/C43H44N12O5S6/c1-17(2)30-42-51-27(16-64-42)40-49-25(14-63-40)34-22(9-10-23(47-34)39-46-19(5)13-61-39)38-50-26(15-62-38)35(58)48-24(11-28(56)44-8)41-54-33(21(7)65-41)37(60)53-31(18(3)4)43-55-32(20(6)66-43)36(59)45-12-29(57)52-30/h9-10,13-18,24,30-31H,11-12H2,1-8H3,(H,44,56)(H,45,59)(H,48,58)(H,52,57)(H,53,60)/t24-,30?,31-/m0/s1. The predicted molar refractivity (Wildman–Crippen MR) is 259 cm³/mol. The van der Waals surface area contributed by atoms with E-state index < -0.39 is 41.8 Å². The lowest BCUT2D eigenvalue weighted by Gasteiger charge is -2.20. The molecule has 1 unspecified atom stereocenters. The van der Waals surface area contributed by atoms with Crippen LogP contribution in [0.25, 0.3) is 43.4 Å². The number of nitrogens with zero attached hydrogens (tertiary/aromatic N) is 7. The number of hydrogen-bond acceptors (Lipinski definition) is 18. The molecule has 342 valence electrons. The number of aryl methyl sites for hydroxylation is 3. The highest BCUT2D eigenvalue weighted by atomic mass is 32.1. The molecule has 0 radical (unpaired) electrons. The third-order valence-corrected chi connectivity index (χ3v) is 16.2. The summed E-state index contributed by atoms with van der Waals surface area (Å²) in [5.41, 5.74) is 4.28. The molecule has 10 bridgehead atoms. The van der Waals surface area contributed by atoms with E-state index >= 15 is 0 Å². The van der Waals surface area contributed by atoms with Gasteiger partial charge in [-0.05, 0) is 44.7 Å². The normalized spacial score (nSPS) is 17.3. The molecule has 0 spiro atoms. The molecule has 66 heavy (non-hydrogen) atoms. The van der Waals surface area contributed by atoms with Crippen LogP contribution in [0.4, 0.5) is 0 Å². The molecular weight excluding hydrogens is 957 g/mol. The molecule has 8 heterocycles. The zero-order chi connectivity index (χ0) is 47.0. The quantitative estimate of drug-likeness (QED) is 0.112. The van der Waals surface area contributed by atoms with Crippen molar-refractivity contribution in [1.82, 2.24) is 61.5 Å². The van der Waals surface area contributed by atoms with Crippen LogP contribution in [0.15, 0.2) is 33.7 Å². The second-order valence-electron chi connectivity index (χ2n) is 16.0. The molecule has 1 aliphatic heterocycles. The van der Waals surface area contributed by atoms with E-state index in [1.165, 1.54) is 75.1 Å². The zero-order valence-corrected chi connectivity index (χ0v) is 41.8. The van der Waals surface area contributed by atoms with Crippen molar-refractivity contribution in [3.63, 3.8) is 0 Å². The minimum atomic E-state index is -0.900. The summed E-state index contributed by atoms with van der Waals surface area (Å²) >= 11 is 8.01. The Morgan fingerprint density at radius 3 is 1.95 bits per heavy atom. The monoisotopic (exact) mass is 1000 g/mol. The van der Waals surface area contributed by atoms with Crippen LogP contribution >= 0.6 is 68.0 Å². The molecule has 0 saturated heterocycles. The topological polar surface area (TPSA) is 236 Å². The van der Waals surface area contributed by atoms with Gasteiger partial charge in [0.15, 0.2) is 0 Å². The Morgan fingerprint density at radius 1 is 0.621 bits per heavy atom. The number of nitrogens with one attached hydrogen (secondary N) is 5. The van der Waals surface area contributed by atoms with Crippen LogP contribution < -0.4 is 26.6 Å². The lowest BCUT2D eigenvalue weighted by atomic mass is 10.0. The first kappa shape index (κ1) is 46.8. The SMILES string of the molecule is CNC(=O)C[C@@H]1NC(=O)c2csc(n2)-c2ccc(-c3nc(C)cs3)nc2-c2csc(n2)-c2csc(n2)C(C(C)C)NC(=O)CNC(=O)c2nc(sc2C)[C@H](C(C)C)NC(=O)c2nc1sc2C. The minimum Gasteiger partial charge on any atom is -0.359 e. The van der Waals surface area contributed by atoms with E-state index in [2.05, 4.69) is 41.5 Å². The number of amides is 5. The molecular formula is C43H44N12O5S6. The summed E-state index contributed by atoms with van der Waals surface area (Å²) in [5, 5.41) is 25.2. The van der Waals surface area contributed by atoms with E-state index in [9.17, 15) is 24.0 Å². The van der Waals surface area contributed by atoms with Crippen molar-refractivity contribution in [3.05, 3.63) is 81.2 Å². The molecule has 7 aromatic rings. The highest BCUT2D eigenvalue weighted by molar-refractivity contribution is 7.15. The first-order valence-corrected chi connectivity index (χ1v) is 25.9. The molecule has 0 fully saturated rings. The van der Waals surface area contributed by atoms with Crippen LogP contribution in [-0.2, 0) is 9.59 Å². The Kier molecular flexibility index (Phi) is 13.9. The number of pyridine rings is 1. The average Bonchev–Trinajstić information content (AvgIpc) is 4.15. The van der Waals surface area contributed by atoms with E-state index in [4.69, 9.17) is 19.9 Å². The number of fused-ring (bicyclic) bond motifs is 14. The summed E-state index contributed by atoms with van der Waals surface area (Å²) in [6, 6.07) is 1.81. The minimum absolute atomic E-state index is 0.0395. The summed E-state index contributed by atoms with van der Waals surface area (Å²) in [7, 11) is 1.50. The number of carbonyl (C=O) groups excluding carboxylic acids is 5. The highest BCUT2D eigenvalue weighted by Crippen LogP contribution is 2.39. The molecule has 0 aromatic carbocycles. The van der Waals surface area contributed by atoms with E-state index in [-0.39, 0.29) is 47.8 Å². The molecule has 17 nitrogen and oxygen atoms in total. The van der Waals surface area contributed by atoms with Crippen molar-refractivity contribution in [1.29, 1.82) is 0 Å². The Labute approximate surface area is 403 Å². The van der Waals surface area contributed by atoms with Crippen molar-refractivity contribution < 1.29 is 24.0 Å². The third kappa shape index (κ3) is 10.0. The van der Waals surface area contributed by atoms with Crippen LogP contribution in [-0.4, -0.2) is 78.0 Å². The second kappa shape index (κ2) is 19.6. The fraction of sp³-hybridized carbons (Fsp3) is 0.349. The van der Waals surface area contributed by atoms with E-state index in [1.54, 1.807) is 19.2 Å². The molecule has 7 aromatic heterocycles. The summed E-state index contributed by atoms with van der Waals surface area (Å²) in [5.74, 6) is -2.47. The fourth-order valence-electron chi connectivity index (χ4n) is 6.91. The molecule has 0 aliphatic carbocycles. The van der Waals surface area contributed by atoms with Crippen LogP contribution in [0.1, 0.15) is 114 Å². The van der Waals surface area contributed by atoms with Crippen LogP contribution in [0.2, 0.25) is 0 Å². The molecule has 0 saturated carbocycles. The molecule has 3 atom stereocenters. The van der Waals surface area contributed by atoms with E-state index in [1.807, 2.05) is 62.9 Å². The van der Waals surface area contributed by atoms with Gasteiger partial charge in [0, 0.05) is 49.6 Å². The molecule has 5 amide bonds. The maximum Gasteiger partial charge on any atom is 0.271 e. The highest BCUT2D eigenvalue weighted by Gasteiger charge is 2.31. The summed E-state index contributed by atoms with van der Waals surface area (Å²) in [6.07, 6.45) is -0.150. The van der Waals surface area contributed by atoms with Gasteiger partial charge in [0.2, 0.25) is 11.8 Å². The van der Waals surface area contributed by atoms with Gasteiger partial charge in [-0.3, -0.25) is 24.0 Å². The summed E-state index contributed by atoms with van der Waals surface area (Å²) < 4.78 is 0. The largest absolute Gasteiger partial charge is 0.359 e. The van der Waals surface area contributed by atoms with Crippen LogP contribution in [0.5, 0.6) is 0 Å². The van der Waals surface area contributed by atoms with Gasteiger partial charge in [-0.15, -0.1) is 68.0 Å². The summed E-state index contributed by atoms with van der Waals surface area (Å²) in [6.45, 7) is 12.9. The number of carbonyl (C=O) groups is 5. The Bertz CT molecular complexity index is 2980. The number of thiazole rings is 6. The Hall–Kier alpha value is -5.72. The van der Waals surface area contributed by atoms with Crippen molar-refractivity contribution in [3.8, 4) is 43.4 Å². The Morgan fingerprint density at radius 2 is 1.24 bits per heavy atom. The van der Waals surface area contributed by atoms with Gasteiger partial charge in [-0.2, -0.15) is 0 Å². The smallest absolute Gasteiger partial charge is 0.271 e. The number of aromatic nitrogens is 7. The first-order valence-electron chi connectivity index (χ1n) is 20.7. The molecule has 5 N–H and O–H groups in total. The zero-order valence-electron chi connectivity index (χ0n) is 36.9. The Balaban J connectivity index is 1.20. The molecule has 8 rings (SSSR count). The summed E-state index contributed by atoms with van der Waals surface area (Å²) in [4.78, 5) is 103. The van der Waals surface area contributed by atoms with Gasteiger partial charge >= 0.3 is 0 Å². The maximum absolute atomic E-state index is 14.0. The second-order valence-corrected chi connectivity index (χ2v) is 22.0. The van der Waals surface area contributed by atoms with Gasteiger partial charge in [-0.1, -0.05) is 27.7 Å². The predicted octanol–water partition coefficient (Wildman–Crippen LogP) is 7.70. The maximum atomic E-state index is 14.0. The molecule has 1 aliphatic rings. The van der Waals surface area contributed by atoms with E-state index in [0.29, 0.717) is 63.1 Å². The lowest BCUT2D eigenvalue weighted by Crippen LogP contribution is -2.40. The fourth-order valence-corrected chi connectivity index (χ4v) is 12.5. The van der Waals surface area contributed by atoms with Crippen LogP contribution in [0.3, 0.4) is 0 Å². The van der Waals surface area contributed by atoms with Gasteiger partial charge in [0.25, 0.3) is 17.7 Å². The molecule has 23 heteroatoms. The van der Waals surface area contributed by atoms with Crippen molar-refractivity contribution in [2.24, 2.45) is 11.8 Å². The van der Waals surface area contributed by atoms with Gasteiger partial charge < -0.3 is 26.6 Å². The lowest BCUT2D eigenvalue weighted by molar-refractivity contribution is -0.122. The number of hydrogen-bond donors (Lipinski definition) is 5. The first-order chi connectivity index (χ1) is 31.6. The average molecular weight is 1000 g/mol. The third-order valence-electron chi connectivity index (χ3n) is 10.4.